The molecule has 0 spiro atoms. The predicted molar refractivity (Wildman–Crippen MR) is 123 cm³/mol. The fourth-order valence-corrected chi connectivity index (χ4v) is 3.76. The second-order valence-electron chi connectivity index (χ2n) is 7.59. The number of morpholine rings is 1. The summed E-state index contributed by atoms with van der Waals surface area (Å²) >= 11 is 5.59. The molecule has 2 aromatic carbocycles. The Morgan fingerprint density at radius 1 is 1.16 bits per heavy atom. The molecule has 32 heavy (non-hydrogen) atoms. The van der Waals surface area contributed by atoms with E-state index in [1.807, 2.05) is 29.2 Å². The van der Waals surface area contributed by atoms with Crippen LogP contribution in [-0.2, 0) is 17.5 Å². The number of methoxy groups -OCH3 is 1. The van der Waals surface area contributed by atoms with Crippen molar-refractivity contribution in [1.82, 2.24) is 9.80 Å². The summed E-state index contributed by atoms with van der Waals surface area (Å²) in [5, 5.41) is 3.38. The summed E-state index contributed by atoms with van der Waals surface area (Å²) in [7, 11) is 1.61. The van der Waals surface area contributed by atoms with Crippen molar-refractivity contribution >= 4 is 23.0 Å². The zero-order chi connectivity index (χ0) is 23.0. The standard InChI is InChI=1S/C23H28F3N3O2S/c1-30-21-8-6-18(7-9-21)17-29(11-3-10-28-12-14-31-15-13-28)22(32)27-20-5-2-4-19(16-20)23(24,25)26/h2,4-9,16H,3,10-15,17H2,1H3,(H,27,32). The summed E-state index contributed by atoms with van der Waals surface area (Å²) in [6.45, 7) is 5.42. The van der Waals surface area contributed by atoms with E-state index in [0.717, 1.165) is 62.7 Å². The van der Waals surface area contributed by atoms with E-state index in [-0.39, 0.29) is 0 Å². The van der Waals surface area contributed by atoms with Crippen LogP contribution < -0.4 is 10.1 Å². The van der Waals surface area contributed by atoms with Gasteiger partial charge in [-0.05, 0) is 54.5 Å². The lowest BCUT2D eigenvalue weighted by atomic mass is 10.2. The second kappa shape index (κ2) is 11.5. The molecule has 5 nitrogen and oxygen atoms in total. The third-order valence-electron chi connectivity index (χ3n) is 5.27. The number of hydrogen-bond acceptors (Lipinski definition) is 4. The molecule has 0 amide bonds. The van der Waals surface area contributed by atoms with Crippen LogP contribution in [0.2, 0.25) is 0 Å². The zero-order valence-electron chi connectivity index (χ0n) is 18.0. The molecular weight excluding hydrogens is 439 g/mol. The Hall–Kier alpha value is -2.36. The molecule has 174 valence electrons. The van der Waals surface area contributed by atoms with Crippen LogP contribution in [0.4, 0.5) is 18.9 Å². The van der Waals surface area contributed by atoms with Crippen molar-refractivity contribution in [2.75, 3.05) is 51.8 Å². The van der Waals surface area contributed by atoms with Crippen molar-refractivity contribution in [3.63, 3.8) is 0 Å². The third-order valence-corrected chi connectivity index (χ3v) is 5.63. The van der Waals surface area contributed by atoms with Crippen LogP contribution in [-0.4, -0.2) is 61.4 Å². The van der Waals surface area contributed by atoms with Gasteiger partial charge in [-0.1, -0.05) is 18.2 Å². The van der Waals surface area contributed by atoms with E-state index >= 15 is 0 Å². The summed E-state index contributed by atoms with van der Waals surface area (Å²) in [6, 6.07) is 12.8. The first-order valence-electron chi connectivity index (χ1n) is 10.5. The Morgan fingerprint density at radius 2 is 1.88 bits per heavy atom. The van der Waals surface area contributed by atoms with Crippen molar-refractivity contribution in [1.29, 1.82) is 0 Å². The Kier molecular flexibility index (Phi) is 8.72. The molecule has 0 unspecified atom stereocenters. The topological polar surface area (TPSA) is 37.0 Å². The maximum absolute atomic E-state index is 13.1. The molecule has 2 aromatic rings. The summed E-state index contributed by atoms with van der Waals surface area (Å²) in [4.78, 5) is 4.33. The van der Waals surface area contributed by atoms with E-state index in [1.165, 1.54) is 6.07 Å². The van der Waals surface area contributed by atoms with Crippen LogP contribution in [0, 0.1) is 0 Å². The highest BCUT2D eigenvalue weighted by Crippen LogP contribution is 2.30. The number of halogens is 3. The lowest BCUT2D eigenvalue weighted by Gasteiger charge is -2.30. The van der Waals surface area contributed by atoms with Crippen LogP contribution in [0.15, 0.2) is 48.5 Å². The first-order valence-corrected chi connectivity index (χ1v) is 10.9. The van der Waals surface area contributed by atoms with Gasteiger partial charge in [0.15, 0.2) is 5.11 Å². The first kappa shape index (κ1) is 24.3. The molecule has 1 heterocycles. The van der Waals surface area contributed by atoms with Gasteiger partial charge in [-0.15, -0.1) is 0 Å². The van der Waals surface area contributed by atoms with E-state index in [4.69, 9.17) is 21.7 Å². The van der Waals surface area contributed by atoms with Crippen molar-refractivity contribution in [2.45, 2.75) is 19.1 Å². The van der Waals surface area contributed by atoms with Crippen LogP contribution >= 0.6 is 12.2 Å². The second-order valence-corrected chi connectivity index (χ2v) is 7.97. The molecule has 1 aliphatic rings. The molecule has 3 rings (SSSR count). The highest BCUT2D eigenvalue weighted by Gasteiger charge is 2.30. The quantitative estimate of drug-likeness (QED) is 0.571. The van der Waals surface area contributed by atoms with E-state index in [9.17, 15) is 13.2 Å². The maximum Gasteiger partial charge on any atom is 0.416 e. The highest BCUT2D eigenvalue weighted by molar-refractivity contribution is 7.80. The van der Waals surface area contributed by atoms with Gasteiger partial charge in [-0.3, -0.25) is 4.90 Å². The van der Waals surface area contributed by atoms with Gasteiger partial charge in [0.25, 0.3) is 0 Å². The number of ether oxygens (including phenoxy) is 2. The monoisotopic (exact) mass is 467 g/mol. The lowest BCUT2D eigenvalue weighted by Crippen LogP contribution is -2.40. The molecule has 1 fully saturated rings. The van der Waals surface area contributed by atoms with Gasteiger partial charge in [-0.25, -0.2) is 0 Å². The number of hydrogen-bond donors (Lipinski definition) is 1. The minimum absolute atomic E-state index is 0.317. The summed E-state index contributed by atoms with van der Waals surface area (Å²) in [5.41, 5.74) is 0.641. The van der Waals surface area contributed by atoms with Gasteiger partial charge in [0.05, 0.1) is 25.9 Å². The molecule has 1 aliphatic heterocycles. The SMILES string of the molecule is COc1ccc(CN(CCCN2CCOCC2)C(=S)Nc2cccc(C(F)(F)F)c2)cc1. The normalized spacial score (nSPS) is 14.8. The van der Waals surface area contributed by atoms with Crippen LogP contribution in [0.5, 0.6) is 5.75 Å². The number of alkyl halides is 3. The Labute approximate surface area is 192 Å². The van der Waals surface area contributed by atoms with E-state index in [2.05, 4.69) is 10.2 Å². The minimum Gasteiger partial charge on any atom is -0.497 e. The largest absolute Gasteiger partial charge is 0.497 e. The van der Waals surface area contributed by atoms with E-state index < -0.39 is 11.7 Å². The Balaban J connectivity index is 1.67. The van der Waals surface area contributed by atoms with Crippen molar-refractivity contribution < 1.29 is 22.6 Å². The fourth-order valence-electron chi connectivity index (χ4n) is 3.49. The molecule has 0 saturated carbocycles. The Bertz CT molecular complexity index is 872. The van der Waals surface area contributed by atoms with Gasteiger partial charge in [0.1, 0.15) is 5.75 Å². The number of rotatable bonds is 8. The predicted octanol–water partition coefficient (Wildman–Crippen LogP) is 4.64. The Morgan fingerprint density at radius 3 is 2.53 bits per heavy atom. The third kappa shape index (κ3) is 7.36. The smallest absolute Gasteiger partial charge is 0.416 e. The molecule has 9 heteroatoms. The number of nitrogens with one attached hydrogen (secondary N) is 1. The van der Waals surface area contributed by atoms with Crippen LogP contribution in [0.1, 0.15) is 17.5 Å². The van der Waals surface area contributed by atoms with E-state index in [1.54, 1.807) is 13.2 Å². The highest BCUT2D eigenvalue weighted by atomic mass is 32.1. The van der Waals surface area contributed by atoms with Gasteiger partial charge < -0.3 is 19.7 Å². The van der Waals surface area contributed by atoms with Gasteiger partial charge >= 0.3 is 6.18 Å². The van der Waals surface area contributed by atoms with Gasteiger partial charge in [0.2, 0.25) is 0 Å². The maximum atomic E-state index is 13.1. The fraction of sp³-hybridized carbons (Fsp3) is 0.435. The minimum atomic E-state index is -4.40. The zero-order valence-corrected chi connectivity index (χ0v) is 18.8. The van der Waals surface area contributed by atoms with Gasteiger partial charge in [-0.2, -0.15) is 13.2 Å². The average Bonchev–Trinajstić information content (AvgIpc) is 2.79. The first-order chi connectivity index (χ1) is 15.3. The molecule has 0 radical (unpaired) electrons. The molecule has 0 bridgehead atoms. The van der Waals surface area contributed by atoms with E-state index in [0.29, 0.717) is 23.9 Å². The molecule has 0 atom stereocenters. The number of nitrogens with zero attached hydrogens (tertiary/aromatic N) is 2. The molecule has 1 saturated heterocycles. The summed E-state index contributed by atoms with van der Waals surface area (Å²) in [6.07, 6.45) is -3.53. The average molecular weight is 468 g/mol. The lowest BCUT2D eigenvalue weighted by molar-refractivity contribution is -0.137. The van der Waals surface area contributed by atoms with Crippen LogP contribution in [0.3, 0.4) is 0 Å². The van der Waals surface area contributed by atoms with Gasteiger partial charge in [0, 0.05) is 38.4 Å². The van der Waals surface area contributed by atoms with Crippen molar-refractivity contribution in [3.05, 3.63) is 59.7 Å². The number of anilines is 1. The van der Waals surface area contributed by atoms with Crippen LogP contribution in [0.25, 0.3) is 0 Å². The summed E-state index contributed by atoms with van der Waals surface area (Å²) < 4.78 is 49.8. The number of thiocarbonyl (C=S) groups is 1. The van der Waals surface area contributed by atoms with Crippen molar-refractivity contribution in [3.8, 4) is 5.75 Å². The molecule has 1 N–H and O–H groups in total. The number of benzene rings is 2. The van der Waals surface area contributed by atoms with Crippen molar-refractivity contribution in [2.24, 2.45) is 0 Å². The summed E-state index contributed by atoms with van der Waals surface area (Å²) in [5.74, 6) is 0.761. The molecule has 0 aliphatic carbocycles. The molecule has 0 aromatic heterocycles. The molecular formula is C23H28F3N3O2S.